The zero-order valence-corrected chi connectivity index (χ0v) is 9.95. The van der Waals surface area contributed by atoms with Crippen molar-refractivity contribution < 1.29 is 4.79 Å². The van der Waals surface area contributed by atoms with Gasteiger partial charge in [0.05, 0.1) is 16.6 Å². The van der Waals surface area contributed by atoms with Crippen LogP contribution in [0.4, 0.5) is 0 Å². The van der Waals surface area contributed by atoms with Gasteiger partial charge >= 0.3 is 0 Å². The minimum Gasteiger partial charge on any atom is -0.349 e. The highest BCUT2D eigenvalue weighted by Crippen LogP contribution is 2.28. The van der Waals surface area contributed by atoms with Gasteiger partial charge in [-0.1, -0.05) is 23.7 Å². The van der Waals surface area contributed by atoms with Crippen LogP contribution in [0.5, 0.6) is 0 Å². The molecule has 0 fully saturated rings. The number of nitrogens with zero attached hydrogens (tertiary/aromatic N) is 1. The molecule has 1 unspecified atom stereocenters. The third-order valence-electron chi connectivity index (χ3n) is 2.65. The summed E-state index contributed by atoms with van der Waals surface area (Å²) in [5.74, 6) is -0.0845. The highest BCUT2D eigenvalue weighted by molar-refractivity contribution is 6.37. The second-order valence-electron chi connectivity index (χ2n) is 3.94. The number of nitrogens with two attached hydrogens (primary N) is 1. The van der Waals surface area contributed by atoms with Gasteiger partial charge in [0, 0.05) is 24.2 Å². The van der Waals surface area contributed by atoms with Crippen molar-refractivity contribution >= 4 is 28.3 Å². The van der Waals surface area contributed by atoms with Crippen molar-refractivity contribution in [2.75, 3.05) is 0 Å². The van der Waals surface area contributed by atoms with E-state index in [0.717, 1.165) is 10.9 Å². The summed E-state index contributed by atoms with van der Waals surface area (Å²) < 4.78 is 1.90. The molecule has 0 radical (unpaired) electrons. The molecule has 1 atom stereocenters. The maximum atomic E-state index is 11.9. The van der Waals surface area contributed by atoms with Crippen LogP contribution in [0.3, 0.4) is 0 Å². The summed E-state index contributed by atoms with van der Waals surface area (Å²) in [5.41, 5.74) is 7.15. The summed E-state index contributed by atoms with van der Waals surface area (Å²) in [4.78, 5) is 11.9. The van der Waals surface area contributed by atoms with Gasteiger partial charge in [0.25, 0.3) is 0 Å². The third-order valence-corrected chi connectivity index (χ3v) is 2.93. The first kappa shape index (κ1) is 11.2. The lowest BCUT2D eigenvalue weighted by Crippen LogP contribution is -2.26. The summed E-state index contributed by atoms with van der Waals surface area (Å²) in [6.07, 6.45) is 1.80. The average molecular weight is 237 g/mol. The van der Waals surface area contributed by atoms with Crippen LogP contribution in [0, 0.1) is 0 Å². The number of ketones is 1. The summed E-state index contributed by atoms with van der Waals surface area (Å²) in [6.45, 7) is 1.68. The average Bonchev–Trinajstić information content (AvgIpc) is 2.54. The Hall–Kier alpha value is -1.32. The van der Waals surface area contributed by atoms with Gasteiger partial charge in [-0.15, -0.1) is 0 Å². The Kier molecular flexibility index (Phi) is 2.74. The van der Waals surface area contributed by atoms with Gasteiger partial charge in [0.1, 0.15) is 0 Å². The van der Waals surface area contributed by atoms with E-state index < -0.39 is 6.04 Å². The summed E-state index contributed by atoms with van der Waals surface area (Å²) in [5, 5.41) is 1.37. The number of carbonyl (C=O) groups excluding carboxylic acids is 1. The van der Waals surface area contributed by atoms with E-state index >= 15 is 0 Å². The topological polar surface area (TPSA) is 48.0 Å². The highest BCUT2D eigenvalue weighted by atomic mass is 35.5. The molecule has 1 aromatic carbocycles. The van der Waals surface area contributed by atoms with Crippen LogP contribution in [0.25, 0.3) is 10.9 Å². The summed E-state index contributed by atoms with van der Waals surface area (Å²) in [7, 11) is 1.90. The summed E-state index contributed by atoms with van der Waals surface area (Å²) in [6, 6.07) is 5.02. The standard InChI is InChI=1S/C12H13ClN2O/c1-7(14)12(16)8-4-3-5-10-11(8)9(13)6-15(10)2/h3-7H,14H2,1-2H3. The van der Waals surface area contributed by atoms with Crippen molar-refractivity contribution in [2.45, 2.75) is 13.0 Å². The fourth-order valence-corrected chi connectivity index (χ4v) is 2.18. The van der Waals surface area contributed by atoms with Crippen LogP contribution < -0.4 is 5.73 Å². The fraction of sp³-hybridized carbons (Fsp3) is 0.250. The zero-order chi connectivity index (χ0) is 11.9. The van der Waals surface area contributed by atoms with Gasteiger partial charge in [-0.25, -0.2) is 0 Å². The number of hydrogen-bond donors (Lipinski definition) is 1. The minimum absolute atomic E-state index is 0.0845. The second-order valence-corrected chi connectivity index (χ2v) is 4.35. The van der Waals surface area contributed by atoms with E-state index in [-0.39, 0.29) is 5.78 Å². The molecule has 84 valence electrons. The van der Waals surface area contributed by atoms with Crippen molar-refractivity contribution in [3.63, 3.8) is 0 Å². The van der Waals surface area contributed by atoms with Crippen LogP contribution in [0.2, 0.25) is 5.02 Å². The molecule has 0 saturated carbocycles. The molecule has 0 bridgehead atoms. The quantitative estimate of drug-likeness (QED) is 0.814. The van der Waals surface area contributed by atoms with Gasteiger partial charge in [0.2, 0.25) is 0 Å². The first-order valence-electron chi connectivity index (χ1n) is 5.05. The maximum Gasteiger partial charge on any atom is 0.179 e. The lowest BCUT2D eigenvalue weighted by molar-refractivity contribution is 0.0969. The van der Waals surface area contributed by atoms with Crippen molar-refractivity contribution in [3.8, 4) is 0 Å². The lowest BCUT2D eigenvalue weighted by Gasteiger charge is -2.06. The molecule has 4 heteroatoms. The van der Waals surface area contributed by atoms with Crippen LogP contribution >= 0.6 is 11.6 Å². The molecule has 0 aliphatic heterocycles. The molecule has 0 saturated heterocycles. The Morgan fingerprint density at radius 2 is 2.19 bits per heavy atom. The van der Waals surface area contributed by atoms with E-state index in [9.17, 15) is 4.79 Å². The van der Waals surface area contributed by atoms with Gasteiger partial charge in [-0.05, 0) is 13.0 Å². The molecule has 1 aromatic heterocycles. The fourth-order valence-electron chi connectivity index (χ4n) is 1.84. The molecule has 0 amide bonds. The Labute approximate surface area is 98.8 Å². The number of aryl methyl sites for hydroxylation is 1. The number of hydrogen-bond acceptors (Lipinski definition) is 2. The second kappa shape index (κ2) is 3.92. The monoisotopic (exact) mass is 236 g/mol. The van der Waals surface area contributed by atoms with Crippen LogP contribution in [-0.4, -0.2) is 16.4 Å². The zero-order valence-electron chi connectivity index (χ0n) is 9.20. The number of benzene rings is 1. The van der Waals surface area contributed by atoms with Crippen LogP contribution in [0.1, 0.15) is 17.3 Å². The lowest BCUT2D eigenvalue weighted by atomic mass is 10.0. The van der Waals surface area contributed by atoms with Gasteiger partial charge in [0.15, 0.2) is 5.78 Å². The highest BCUT2D eigenvalue weighted by Gasteiger charge is 2.17. The molecule has 3 nitrogen and oxygen atoms in total. The number of rotatable bonds is 2. The number of aromatic nitrogens is 1. The van der Waals surface area contributed by atoms with Gasteiger partial charge < -0.3 is 10.3 Å². The molecule has 16 heavy (non-hydrogen) atoms. The van der Waals surface area contributed by atoms with Gasteiger partial charge in [-0.3, -0.25) is 4.79 Å². The summed E-state index contributed by atoms with van der Waals surface area (Å²) >= 11 is 6.12. The molecule has 0 aliphatic rings. The van der Waals surface area contributed by atoms with Crippen molar-refractivity contribution in [1.29, 1.82) is 0 Å². The molecule has 1 heterocycles. The SMILES string of the molecule is CC(N)C(=O)c1cccc2c1c(Cl)cn2C. The number of halogens is 1. The molecule has 2 rings (SSSR count). The molecule has 2 aromatic rings. The normalized spacial score (nSPS) is 13.0. The predicted molar refractivity (Wildman–Crippen MR) is 65.9 cm³/mol. The molecule has 0 aliphatic carbocycles. The predicted octanol–water partition coefficient (Wildman–Crippen LogP) is 2.36. The van der Waals surface area contributed by atoms with E-state index in [0.29, 0.717) is 10.6 Å². The molecule has 2 N–H and O–H groups in total. The van der Waals surface area contributed by atoms with E-state index in [2.05, 4.69) is 0 Å². The van der Waals surface area contributed by atoms with E-state index in [4.69, 9.17) is 17.3 Å². The molecular formula is C12H13ClN2O. The molecular weight excluding hydrogens is 224 g/mol. The Balaban J connectivity index is 2.76. The van der Waals surface area contributed by atoms with E-state index in [1.807, 2.05) is 23.7 Å². The first-order chi connectivity index (χ1) is 7.52. The number of carbonyl (C=O) groups is 1. The number of fused-ring (bicyclic) bond motifs is 1. The molecule has 0 spiro atoms. The minimum atomic E-state index is -0.512. The third kappa shape index (κ3) is 1.62. The van der Waals surface area contributed by atoms with Crippen molar-refractivity contribution in [1.82, 2.24) is 4.57 Å². The van der Waals surface area contributed by atoms with Crippen LogP contribution in [0.15, 0.2) is 24.4 Å². The van der Waals surface area contributed by atoms with Crippen molar-refractivity contribution in [2.24, 2.45) is 12.8 Å². The Morgan fingerprint density at radius 3 is 2.81 bits per heavy atom. The van der Waals surface area contributed by atoms with Crippen molar-refractivity contribution in [3.05, 3.63) is 35.0 Å². The van der Waals surface area contributed by atoms with E-state index in [1.165, 1.54) is 0 Å². The largest absolute Gasteiger partial charge is 0.349 e. The van der Waals surface area contributed by atoms with Gasteiger partial charge in [-0.2, -0.15) is 0 Å². The first-order valence-corrected chi connectivity index (χ1v) is 5.43. The Bertz CT molecular complexity index is 557. The number of Topliss-reactive ketones (excluding diaryl/α,β-unsaturated/α-hetero) is 1. The van der Waals surface area contributed by atoms with E-state index in [1.54, 1.807) is 19.2 Å². The smallest absolute Gasteiger partial charge is 0.179 e. The Morgan fingerprint density at radius 1 is 1.50 bits per heavy atom. The maximum absolute atomic E-state index is 11.9. The van der Waals surface area contributed by atoms with Crippen LogP contribution in [-0.2, 0) is 7.05 Å².